The molecular weight excluding hydrogens is 210 g/mol. The van der Waals surface area contributed by atoms with Crippen molar-refractivity contribution < 1.29 is 9.90 Å². The molecule has 15 heavy (non-hydrogen) atoms. The molecule has 1 amide bonds. The third-order valence-corrected chi connectivity index (χ3v) is 2.64. The number of rotatable bonds is 4. The number of hydrogen-bond acceptors (Lipinski definition) is 3. The highest BCUT2D eigenvalue weighted by atomic mass is 32.1. The van der Waals surface area contributed by atoms with E-state index < -0.39 is 5.54 Å². The number of aliphatic hydroxyl groups excluding tert-OH is 1. The van der Waals surface area contributed by atoms with E-state index >= 15 is 0 Å². The third kappa shape index (κ3) is 4.27. The number of nitrogens with one attached hydrogen (secondary N) is 1. The predicted octanol–water partition coefficient (Wildman–Crippen LogP) is 1.65. The largest absolute Gasteiger partial charge is 0.394 e. The van der Waals surface area contributed by atoms with Crippen LogP contribution in [0.1, 0.15) is 18.7 Å². The molecule has 0 aliphatic rings. The van der Waals surface area contributed by atoms with Gasteiger partial charge in [0.25, 0.3) is 0 Å². The third-order valence-electron chi connectivity index (χ3n) is 1.80. The van der Waals surface area contributed by atoms with E-state index in [2.05, 4.69) is 5.32 Å². The Kier molecular flexibility index (Phi) is 4.05. The molecule has 1 aromatic rings. The monoisotopic (exact) mass is 225 g/mol. The topological polar surface area (TPSA) is 49.3 Å². The molecule has 0 fully saturated rings. The van der Waals surface area contributed by atoms with Gasteiger partial charge in [0.1, 0.15) is 0 Å². The number of amides is 1. The average molecular weight is 225 g/mol. The molecule has 0 aliphatic carbocycles. The maximum atomic E-state index is 11.4. The van der Waals surface area contributed by atoms with Crippen molar-refractivity contribution in [1.82, 2.24) is 5.32 Å². The first-order chi connectivity index (χ1) is 7.03. The molecule has 1 heterocycles. The van der Waals surface area contributed by atoms with Crippen LogP contribution >= 0.6 is 11.3 Å². The van der Waals surface area contributed by atoms with Crippen LogP contribution < -0.4 is 5.32 Å². The summed E-state index contributed by atoms with van der Waals surface area (Å²) in [6.45, 7) is 3.46. The maximum absolute atomic E-state index is 11.4. The normalized spacial score (nSPS) is 11.9. The maximum Gasteiger partial charge on any atom is 0.244 e. The minimum absolute atomic E-state index is 0.0778. The number of carbonyl (C=O) groups is 1. The van der Waals surface area contributed by atoms with Gasteiger partial charge in [-0.25, -0.2) is 0 Å². The second-order valence-electron chi connectivity index (χ2n) is 3.88. The van der Waals surface area contributed by atoms with E-state index in [1.165, 1.54) is 6.08 Å². The number of hydrogen-bond donors (Lipinski definition) is 2. The molecule has 3 nitrogen and oxygen atoms in total. The van der Waals surface area contributed by atoms with Crippen LogP contribution in [0.5, 0.6) is 0 Å². The van der Waals surface area contributed by atoms with Gasteiger partial charge in [-0.2, -0.15) is 0 Å². The molecule has 0 saturated carbocycles. The van der Waals surface area contributed by atoms with Gasteiger partial charge in [-0.05, 0) is 31.4 Å². The lowest BCUT2D eigenvalue weighted by Crippen LogP contribution is -2.45. The molecular formula is C11H15NO2S. The van der Waals surface area contributed by atoms with Crippen LogP contribution in [0.15, 0.2) is 23.6 Å². The van der Waals surface area contributed by atoms with Crippen molar-refractivity contribution in [2.24, 2.45) is 0 Å². The zero-order valence-corrected chi connectivity index (χ0v) is 9.67. The Morgan fingerprint density at radius 2 is 2.40 bits per heavy atom. The molecule has 1 rings (SSSR count). The summed E-state index contributed by atoms with van der Waals surface area (Å²) < 4.78 is 0. The Hall–Kier alpha value is -1.13. The van der Waals surface area contributed by atoms with Crippen molar-refractivity contribution in [3.63, 3.8) is 0 Å². The van der Waals surface area contributed by atoms with Gasteiger partial charge in [0.15, 0.2) is 0 Å². The van der Waals surface area contributed by atoms with Gasteiger partial charge in [0.2, 0.25) is 5.91 Å². The molecule has 4 heteroatoms. The minimum Gasteiger partial charge on any atom is -0.394 e. The Labute approximate surface area is 93.4 Å². The molecule has 0 spiro atoms. The first-order valence-corrected chi connectivity index (χ1v) is 5.56. The van der Waals surface area contributed by atoms with E-state index in [0.717, 1.165) is 4.88 Å². The quantitative estimate of drug-likeness (QED) is 0.765. The van der Waals surface area contributed by atoms with E-state index in [9.17, 15) is 4.79 Å². The highest BCUT2D eigenvalue weighted by molar-refractivity contribution is 7.10. The van der Waals surface area contributed by atoms with E-state index in [1.807, 2.05) is 17.5 Å². The second kappa shape index (κ2) is 5.09. The van der Waals surface area contributed by atoms with Gasteiger partial charge >= 0.3 is 0 Å². The SMILES string of the molecule is CC(C)(CO)NC(=O)/C=C/c1cccs1. The fraction of sp³-hybridized carbons (Fsp3) is 0.364. The smallest absolute Gasteiger partial charge is 0.244 e. The molecule has 82 valence electrons. The molecule has 0 aromatic carbocycles. The second-order valence-corrected chi connectivity index (χ2v) is 4.86. The molecule has 0 radical (unpaired) electrons. The summed E-state index contributed by atoms with van der Waals surface area (Å²) in [5.41, 5.74) is -0.573. The van der Waals surface area contributed by atoms with Crippen molar-refractivity contribution in [3.8, 4) is 0 Å². The van der Waals surface area contributed by atoms with E-state index in [-0.39, 0.29) is 12.5 Å². The van der Waals surface area contributed by atoms with Crippen molar-refractivity contribution in [2.45, 2.75) is 19.4 Å². The highest BCUT2D eigenvalue weighted by Gasteiger charge is 2.17. The van der Waals surface area contributed by atoms with Crippen LogP contribution in [-0.4, -0.2) is 23.2 Å². The summed E-state index contributed by atoms with van der Waals surface area (Å²) in [5.74, 6) is -0.192. The summed E-state index contributed by atoms with van der Waals surface area (Å²) in [6.07, 6.45) is 3.23. The summed E-state index contributed by atoms with van der Waals surface area (Å²) in [7, 11) is 0. The standard InChI is InChI=1S/C11H15NO2S/c1-11(2,8-13)12-10(14)6-5-9-4-3-7-15-9/h3-7,13H,8H2,1-2H3,(H,12,14)/b6-5+. The Morgan fingerprint density at radius 1 is 1.67 bits per heavy atom. The first kappa shape index (κ1) is 11.9. The summed E-state index contributed by atoms with van der Waals surface area (Å²) in [4.78, 5) is 12.4. The zero-order chi connectivity index (χ0) is 11.3. The van der Waals surface area contributed by atoms with E-state index in [1.54, 1.807) is 31.3 Å². The van der Waals surface area contributed by atoms with Crippen LogP contribution in [0.25, 0.3) is 6.08 Å². The lowest BCUT2D eigenvalue weighted by atomic mass is 10.1. The molecule has 0 atom stereocenters. The first-order valence-electron chi connectivity index (χ1n) is 4.68. The van der Waals surface area contributed by atoms with Crippen LogP contribution in [-0.2, 0) is 4.79 Å². The van der Waals surface area contributed by atoms with Gasteiger partial charge < -0.3 is 10.4 Å². The van der Waals surface area contributed by atoms with Crippen LogP contribution in [0.3, 0.4) is 0 Å². The molecule has 0 unspecified atom stereocenters. The van der Waals surface area contributed by atoms with Gasteiger partial charge in [0.05, 0.1) is 12.1 Å². The number of aliphatic hydroxyl groups is 1. The van der Waals surface area contributed by atoms with Crippen molar-refractivity contribution >= 4 is 23.3 Å². The van der Waals surface area contributed by atoms with Crippen LogP contribution in [0, 0.1) is 0 Å². The van der Waals surface area contributed by atoms with Gasteiger partial charge in [-0.1, -0.05) is 6.07 Å². The zero-order valence-electron chi connectivity index (χ0n) is 8.86. The fourth-order valence-electron chi connectivity index (χ4n) is 0.959. The fourth-order valence-corrected chi connectivity index (χ4v) is 1.58. The lowest BCUT2D eigenvalue weighted by molar-refractivity contribution is -0.118. The predicted molar refractivity (Wildman–Crippen MR) is 62.7 cm³/mol. The molecule has 2 N–H and O–H groups in total. The van der Waals surface area contributed by atoms with Crippen molar-refractivity contribution in [3.05, 3.63) is 28.5 Å². The van der Waals surface area contributed by atoms with Gasteiger partial charge in [0, 0.05) is 11.0 Å². The van der Waals surface area contributed by atoms with Gasteiger partial charge in [-0.3, -0.25) is 4.79 Å². The van der Waals surface area contributed by atoms with Crippen LogP contribution in [0.4, 0.5) is 0 Å². The highest BCUT2D eigenvalue weighted by Crippen LogP contribution is 2.10. The Morgan fingerprint density at radius 3 is 2.93 bits per heavy atom. The minimum atomic E-state index is -0.573. The Bertz CT molecular complexity index is 341. The molecule has 0 bridgehead atoms. The average Bonchev–Trinajstić information content (AvgIpc) is 2.66. The van der Waals surface area contributed by atoms with E-state index in [0.29, 0.717) is 0 Å². The number of thiophene rings is 1. The summed E-state index contributed by atoms with van der Waals surface area (Å²) in [6, 6.07) is 3.87. The summed E-state index contributed by atoms with van der Waals surface area (Å²) in [5, 5.41) is 13.6. The Balaban J connectivity index is 2.50. The van der Waals surface area contributed by atoms with E-state index in [4.69, 9.17) is 5.11 Å². The summed E-state index contributed by atoms with van der Waals surface area (Å²) >= 11 is 1.57. The van der Waals surface area contributed by atoms with Crippen molar-refractivity contribution in [2.75, 3.05) is 6.61 Å². The van der Waals surface area contributed by atoms with Crippen LogP contribution in [0.2, 0.25) is 0 Å². The molecule has 0 aliphatic heterocycles. The van der Waals surface area contributed by atoms with Crippen molar-refractivity contribution in [1.29, 1.82) is 0 Å². The van der Waals surface area contributed by atoms with Gasteiger partial charge in [-0.15, -0.1) is 11.3 Å². The molecule has 0 saturated heterocycles. The lowest BCUT2D eigenvalue weighted by Gasteiger charge is -2.22. The number of carbonyl (C=O) groups excluding carboxylic acids is 1. The molecule has 1 aromatic heterocycles.